The van der Waals surface area contributed by atoms with Crippen molar-refractivity contribution in [3.05, 3.63) is 12.2 Å². The summed E-state index contributed by atoms with van der Waals surface area (Å²) in [4.78, 5) is 37.7. The molecular weight excluding hydrogens is 685 g/mol. The van der Waals surface area contributed by atoms with E-state index in [1.165, 1.54) is 161 Å². The normalized spacial score (nSPS) is 12.0. The Morgan fingerprint density at radius 3 is 0.909 bits per heavy atom. The van der Waals surface area contributed by atoms with E-state index in [4.69, 9.17) is 14.2 Å². The van der Waals surface area contributed by atoms with Gasteiger partial charge >= 0.3 is 17.9 Å². The molecule has 0 N–H and O–H groups in total. The van der Waals surface area contributed by atoms with Crippen LogP contribution in [-0.4, -0.2) is 37.2 Å². The van der Waals surface area contributed by atoms with E-state index in [-0.39, 0.29) is 31.1 Å². The highest BCUT2D eigenvalue weighted by Gasteiger charge is 2.19. The second-order valence-corrected chi connectivity index (χ2v) is 16.4. The fraction of sp³-hybridized carbons (Fsp3) is 0.898. The van der Waals surface area contributed by atoms with Crippen LogP contribution in [0.4, 0.5) is 0 Å². The zero-order chi connectivity index (χ0) is 40.1. The maximum Gasteiger partial charge on any atom is 0.306 e. The number of rotatable bonds is 44. The number of ether oxygens (including phenoxy) is 3. The molecule has 0 bridgehead atoms. The van der Waals surface area contributed by atoms with E-state index in [0.717, 1.165) is 64.2 Å². The van der Waals surface area contributed by atoms with Gasteiger partial charge in [0.2, 0.25) is 0 Å². The molecule has 0 rings (SSSR count). The number of esters is 3. The lowest BCUT2D eigenvalue weighted by Crippen LogP contribution is -2.30. The van der Waals surface area contributed by atoms with Crippen LogP contribution in [0.15, 0.2) is 12.2 Å². The van der Waals surface area contributed by atoms with E-state index in [2.05, 4.69) is 32.9 Å². The van der Waals surface area contributed by atoms with Gasteiger partial charge in [-0.3, -0.25) is 14.4 Å². The highest BCUT2D eigenvalue weighted by molar-refractivity contribution is 5.71. The molecule has 6 heteroatoms. The summed E-state index contributed by atoms with van der Waals surface area (Å²) >= 11 is 0. The second kappa shape index (κ2) is 44.9. The average Bonchev–Trinajstić information content (AvgIpc) is 3.18. The molecule has 0 aliphatic carbocycles. The Kier molecular flexibility index (Phi) is 43.4. The molecule has 0 spiro atoms. The van der Waals surface area contributed by atoms with Gasteiger partial charge in [-0.1, -0.05) is 213 Å². The number of carbonyl (C=O) groups is 3. The Morgan fingerprint density at radius 1 is 0.345 bits per heavy atom. The predicted octanol–water partition coefficient (Wildman–Crippen LogP) is 15.4. The topological polar surface area (TPSA) is 78.9 Å². The zero-order valence-electron chi connectivity index (χ0n) is 37.0. The van der Waals surface area contributed by atoms with Crippen molar-refractivity contribution in [1.82, 2.24) is 0 Å². The van der Waals surface area contributed by atoms with E-state index >= 15 is 0 Å². The molecule has 0 aromatic rings. The van der Waals surface area contributed by atoms with Gasteiger partial charge in [0, 0.05) is 19.3 Å². The molecule has 0 fully saturated rings. The van der Waals surface area contributed by atoms with Crippen molar-refractivity contribution in [1.29, 1.82) is 0 Å². The first-order chi connectivity index (χ1) is 27.0. The van der Waals surface area contributed by atoms with Gasteiger partial charge in [-0.2, -0.15) is 0 Å². The lowest BCUT2D eigenvalue weighted by Gasteiger charge is -2.18. The molecule has 55 heavy (non-hydrogen) atoms. The number of allylic oxidation sites excluding steroid dienone is 2. The standard InChI is InChI=1S/C49H92O6/c1-4-7-10-13-16-19-21-23-25-27-30-33-36-39-42-48(51)54-45-46(44-53-47(50)41-38-35-32-29-18-15-12-9-6-3)55-49(52)43-40-37-34-31-28-26-24-22-20-17-14-11-8-5-2/h21,23,46H,4-20,22,24-45H2,1-3H3/b23-21-/t46-/m1/s1. The summed E-state index contributed by atoms with van der Waals surface area (Å²) in [5.74, 6) is -0.868. The summed E-state index contributed by atoms with van der Waals surface area (Å²) < 4.78 is 16.7. The monoisotopic (exact) mass is 777 g/mol. The minimum Gasteiger partial charge on any atom is -0.462 e. The molecule has 6 nitrogen and oxygen atoms in total. The molecule has 0 heterocycles. The molecule has 1 atom stereocenters. The number of hydrogen-bond acceptors (Lipinski definition) is 6. The van der Waals surface area contributed by atoms with E-state index in [1.54, 1.807) is 0 Å². The third-order valence-corrected chi connectivity index (χ3v) is 10.8. The van der Waals surface area contributed by atoms with Gasteiger partial charge in [-0.05, 0) is 44.9 Å². The first-order valence-corrected chi connectivity index (χ1v) is 24.2. The maximum atomic E-state index is 12.7. The lowest BCUT2D eigenvalue weighted by molar-refractivity contribution is -0.167. The van der Waals surface area contributed by atoms with E-state index in [9.17, 15) is 14.4 Å². The average molecular weight is 777 g/mol. The van der Waals surface area contributed by atoms with Crippen LogP contribution in [0.1, 0.15) is 265 Å². The largest absolute Gasteiger partial charge is 0.462 e. The van der Waals surface area contributed by atoms with Crippen LogP contribution in [0.2, 0.25) is 0 Å². The van der Waals surface area contributed by atoms with Crippen LogP contribution in [0.25, 0.3) is 0 Å². The third kappa shape index (κ3) is 43.1. The Labute approximate surface area is 341 Å². The Hall–Kier alpha value is -1.85. The van der Waals surface area contributed by atoms with Gasteiger partial charge in [-0.25, -0.2) is 0 Å². The van der Waals surface area contributed by atoms with Crippen molar-refractivity contribution in [2.45, 2.75) is 271 Å². The molecule has 0 aromatic carbocycles. The lowest BCUT2D eigenvalue weighted by atomic mass is 10.0. The first-order valence-electron chi connectivity index (χ1n) is 24.2. The van der Waals surface area contributed by atoms with E-state index in [0.29, 0.717) is 19.3 Å². The smallest absolute Gasteiger partial charge is 0.306 e. The number of hydrogen-bond donors (Lipinski definition) is 0. The highest BCUT2D eigenvalue weighted by atomic mass is 16.6. The molecule has 0 aliphatic heterocycles. The zero-order valence-corrected chi connectivity index (χ0v) is 37.0. The van der Waals surface area contributed by atoms with E-state index in [1.807, 2.05) is 0 Å². The number of carbonyl (C=O) groups excluding carboxylic acids is 3. The first kappa shape index (κ1) is 53.1. The van der Waals surface area contributed by atoms with Gasteiger partial charge in [0.05, 0.1) is 0 Å². The van der Waals surface area contributed by atoms with Gasteiger partial charge in [0.1, 0.15) is 13.2 Å². The number of unbranched alkanes of at least 4 members (excludes halogenated alkanes) is 31. The quantitative estimate of drug-likeness (QED) is 0.0265. The fourth-order valence-corrected chi connectivity index (χ4v) is 7.08. The van der Waals surface area contributed by atoms with Crippen LogP contribution in [0.3, 0.4) is 0 Å². The minimum absolute atomic E-state index is 0.0681. The molecule has 0 aliphatic rings. The van der Waals surface area contributed by atoms with Crippen molar-refractivity contribution in [2.24, 2.45) is 0 Å². The summed E-state index contributed by atoms with van der Waals surface area (Å²) in [6, 6.07) is 0. The molecule has 324 valence electrons. The Balaban J connectivity index is 4.32. The van der Waals surface area contributed by atoms with Crippen molar-refractivity contribution in [3.8, 4) is 0 Å². The van der Waals surface area contributed by atoms with Gasteiger partial charge in [-0.15, -0.1) is 0 Å². The molecule has 0 unspecified atom stereocenters. The summed E-state index contributed by atoms with van der Waals surface area (Å²) in [7, 11) is 0. The van der Waals surface area contributed by atoms with E-state index < -0.39 is 6.10 Å². The summed E-state index contributed by atoms with van der Waals surface area (Å²) in [6.45, 7) is 6.62. The fourth-order valence-electron chi connectivity index (χ4n) is 7.08. The molecular formula is C49H92O6. The second-order valence-electron chi connectivity index (χ2n) is 16.4. The maximum absolute atomic E-state index is 12.7. The molecule has 0 amide bonds. The SMILES string of the molecule is CCCCCCC/C=C\CCCCCCCC(=O)OC[C@@H](COC(=O)CCCCCCCCCCC)OC(=O)CCCCCCCCCCCCCCCC. The van der Waals surface area contributed by atoms with Crippen LogP contribution >= 0.6 is 0 Å². The summed E-state index contributed by atoms with van der Waals surface area (Å²) in [6.07, 6.45) is 47.6. The van der Waals surface area contributed by atoms with Crippen molar-refractivity contribution in [3.63, 3.8) is 0 Å². The molecule has 0 saturated heterocycles. The predicted molar refractivity (Wildman–Crippen MR) is 233 cm³/mol. The summed E-state index contributed by atoms with van der Waals surface area (Å²) in [5, 5.41) is 0. The Bertz CT molecular complexity index is 854. The van der Waals surface area contributed by atoms with Crippen molar-refractivity contribution < 1.29 is 28.6 Å². The van der Waals surface area contributed by atoms with Crippen LogP contribution < -0.4 is 0 Å². The molecule has 0 radical (unpaired) electrons. The van der Waals surface area contributed by atoms with Gasteiger partial charge < -0.3 is 14.2 Å². The Morgan fingerprint density at radius 2 is 0.600 bits per heavy atom. The van der Waals surface area contributed by atoms with Crippen molar-refractivity contribution in [2.75, 3.05) is 13.2 Å². The van der Waals surface area contributed by atoms with Crippen LogP contribution in [0, 0.1) is 0 Å². The minimum atomic E-state index is -0.764. The van der Waals surface area contributed by atoms with Gasteiger partial charge in [0.15, 0.2) is 6.10 Å². The molecule has 0 saturated carbocycles. The van der Waals surface area contributed by atoms with Crippen LogP contribution in [0.5, 0.6) is 0 Å². The van der Waals surface area contributed by atoms with Crippen LogP contribution in [-0.2, 0) is 28.6 Å². The van der Waals surface area contributed by atoms with Crippen molar-refractivity contribution >= 4 is 17.9 Å². The summed E-state index contributed by atoms with van der Waals surface area (Å²) in [5.41, 5.74) is 0. The van der Waals surface area contributed by atoms with Gasteiger partial charge in [0.25, 0.3) is 0 Å². The highest BCUT2D eigenvalue weighted by Crippen LogP contribution is 2.15. The third-order valence-electron chi connectivity index (χ3n) is 10.8. The molecule has 0 aromatic heterocycles.